The molecule has 1 N–H and O–H groups in total. The molecule has 0 fully saturated rings. The molecule has 0 atom stereocenters. The number of aromatic nitrogens is 5. The zero-order valence-corrected chi connectivity index (χ0v) is 18.3. The summed E-state index contributed by atoms with van der Waals surface area (Å²) in [6, 6.07) is 16.3. The molecule has 31 heavy (non-hydrogen) atoms. The number of H-pyrrole nitrogens is 1. The molecule has 0 amide bonds. The number of nitrogens with zero attached hydrogens (tertiary/aromatic N) is 4. The van der Waals surface area contributed by atoms with Crippen molar-refractivity contribution in [3.63, 3.8) is 0 Å². The number of methoxy groups -OCH3 is 1. The predicted octanol–water partition coefficient (Wildman–Crippen LogP) is 5.01. The number of tetrazole rings is 1. The summed E-state index contributed by atoms with van der Waals surface area (Å²) in [5.74, 6) is 2.04. The van der Waals surface area contributed by atoms with Crippen LogP contribution in [0.15, 0.2) is 48.5 Å². The van der Waals surface area contributed by atoms with Crippen LogP contribution < -0.4 is 9.47 Å². The average molecular weight is 415 g/mol. The summed E-state index contributed by atoms with van der Waals surface area (Å²) in [5, 5.41) is 14.5. The summed E-state index contributed by atoms with van der Waals surface area (Å²) in [4.78, 5) is 4.62. The van der Waals surface area contributed by atoms with Crippen molar-refractivity contribution in [3.8, 4) is 45.1 Å². The van der Waals surface area contributed by atoms with Crippen LogP contribution in [0.1, 0.15) is 25.2 Å². The van der Waals surface area contributed by atoms with E-state index < -0.39 is 0 Å². The van der Waals surface area contributed by atoms with Crippen LogP contribution in [0, 0.1) is 13.8 Å². The normalized spacial score (nSPS) is 11.0. The summed E-state index contributed by atoms with van der Waals surface area (Å²) in [6.45, 7) is 7.92. The largest absolute Gasteiger partial charge is 0.494 e. The smallest absolute Gasteiger partial charge is 0.205 e. The molecule has 2 heterocycles. The van der Waals surface area contributed by atoms with Crippen molar-refractivity contribution in [2.24, 2.45) is 0 Å². The minimum Gasteiger partial charge on any atom is -0.494 e. The molecule has 0 unspecified atom stereocenters. The van der Waals surface area contributed by atoms with E-state index >= 15 is 0 Å². The van der Waals surface area contributed by atoms with Gasteiger partial charge in [0.25, 0.3) is 0 Å². The Morgan fingerprint density at radius 3 is 2.10 bits per heavy atom. The van der Waals surface area contributed by atoms with Crippen molar-refractivity contribution in [2.45, 2.75) is 33.8 Å². The molecule has 4 rings (SSSR count). The molecule has 0 saturated carbocycles. The number of ether oxygens (including phenoxy) is 2. The molecular weight excluding hydrogens is 390 g/mol. The van der Waals surface area contributed by atoms with Gasteiger partial charge in [-0.2, -0.15) is 5.21 Å². The summed E-state index contributed by atoms with van der Waals surface area (Å²) in [5.41, 5.74) is 6.59. The monoisotopic (exact) mass is 415 g/mol. The Morgan fingerprint density at radius 1 is 0.839 bits per heavy atom. The quantitative estimate of drug-likeness (QED) is 0.476. The Morgan fingerprint density at radius 2 is 1.48 bits per heavy atom. The first kappa shape index (κ1) is 20.5. The molecule has 2 aromatic carbocycles. The van der Waals surface area contributed by atoms with Crippen LogP contribution >= 0.6 is 0 Å². The predicted molar refractivity (Wildman–Crippen MR) is 120 cm³/mol. The van der Waals surface area contributed by atoms with Crippen LogP contribution in [0.25, 0.3) is 33.6 Å². The zero-order valence-electron chi connectivity index (χ0n) is 18.3. The lowest BCUT2D eigenvalue weighted by Gasteiger charge is -2.20. The minimum absolute atomic E-state index is 0.0211. The van der Waals surface area contributed by atoms with Gasteiger partial charge in [-0.3, -0.25) is 4.98 Å². The molecule has 0 bridgehead atoms. The molecule has 0 aliphatic carbocycles. The molecule has 7 nitrogen and oxygen atoms in total. The molecule has 0 aliphatic rings. The van der Waals surface area contributed by atoms with E-state index in [-0.39, 0.29) is 6.10 Å². The lowest BCUT2D eigenvalue weighted by Crippen LogP contribution is -2.10. The van der Waals surface area contributed by atoms with E-state index in [2.05, 4.69) is 55.9 Å². The van der Waals surface area contributed by atoms with Gasteiger partial charge < -0.3 is 9.47 Å². The van der Waals surface area contributed by atoms with Crippen molar-refractivity contribution < 1.29 is 9.47 Å². The number of benzene rings is 2. The van der Waals surface area contributed by atoms with E-state index in [1.165, 1.54) is 0 Å². The average Bonchev–Trinajstić information content (AvgIpc) is 3.30. The SMILES string of the molecule is COc1c(C)nc(C)c(OC(C)C)c1-c1ccc(-c2ccccc2-c2nn[nH]n2)cc1. The van der Waals surface area contributed by atoms with Gasteiger partial charge in [-0.25, -0.2) is 0 Å². The van der Waals surface area contributed by atoms with Gasteiger partial charge >= 0.3 is 0 Å². The maximum absolute atomic E-state index is 6.14. The Balaban J connectivity index is 1.82. The van der Waals surface area contributed by atoms with Crippen LogP contribution in [0.4, 0.5) is 0 Å². The topological polar surface area (TPSA) is 85.8 Å². The first-order valence-corrected chi connectivity index (χ1v) is 10.1. The lowest BCUT2D eigenvalue weighted by molar-refractivity contribution is 0.239. The van der Waals surface area contributed by atoms with E-state index in [9.17, 15) is 0 Å². The molecule has 0 aliphatic heterocycles. The van der Waals surface area contributed by atoms with E-state index in [0.29, 0.717) is 5.82 Å². The Bertz CT molecular complexity index is 1190. The van der Waals surface area contributed by atoms with E-state index in [0.717, 1.165) is 50.7 Å². The molecule has 7 heteroatoms. The van der Waals surface area contributed by atoms with Crippen LogP contribution in [0.2, 0.25) is 0 Å². The first-order chi connectivity index (χ1) is 15.0. The minimum atomic E-state index is 0.0211. The van der Waals surface area contributed by atoms with Gasteiger partial charge in [-0.05, 0) is 49.6 Å². The zero-order chi connectivity index (χ0) is 22.0. The van der Waals surface area contributed by atoms with E-state index in [4.69, 9.17) is 9.47 Å². The highest BCUT2D eigenvalue weighted by molar-refractivity contribution is 5.84. The standard InChI is InChI=1S/C24H25N5O2/c1-14(2)31-23-16(4)25-15(3)22(30-5)21(23)18-12-10-17(11-13-18)19-8-6-7-9-20(19)24-26-28-29-27-24/h6-14H,1-5H3,(H,26,27,28,29). The van der Waals surface area contributed by atoms with Crippen LogP contribution in [-0.2, 0) is 0 Å². The van der Waals surface area contributed by atoms with Crippen molar-refractivity contribution in [1.29, 1.82) is 0 Å². The second-order valence-corrected chi connectivity index (χ2v) is 7.54. The van der Waals surface area contributed by atoms with Crippen molar-refractivity contribution >= 4 is 0 Å². The number of rotatable bonds is 6. The first-order valence-electron chi connectivity index (χ1n) is 10.1. The number of hydrogen-bond donors (Lipinski definition) is 1. The van der Waals surface area contributed by atoms with E-state index in [1.54, 1.807) is 7.11 Å². The van der Waals surface area contributed by atoms with Gasteiger partial charge in [0.2, 0.25) is 5.82 Å². The fourth-order valence-electron chi connectivity index (χ4n) is 3.73. The van der Waals surface area contributed by atoms with Gasteiger partial charge in [0, 0.05) is 5.56 Å². The van der Waals surface area contributed by atoms with Crippen LogP contribution in [-0.4, -0.2) is 38.8 Å². The van der Waals surface area contributed by atoms with Crippen molar-refractivity contribution in [1.82, 2.24) is 25.6 Å². The highest BCUT2D eigenvalue weighted by atomic mass is 16.5. The molecule has 4 aromatic rings. The van der Waals surface area contributed by atoms with Gasteiger partial charge in [0.15, 0.2) is 11.5 Å². The highest BCUT2D eigenvalue weighted by Crippen LogP contribution is 2.43. The highest BCUT2D eigenvalue weighted by Gasteiger charge is 2.21. The second-order valence-electron chi connectivity index (χ2n) is 7.54. The number of hydrogen-bond acceptors (Lipinski definition) is 6. The Hall–Kier alpha value is -3.74. The van der Waals surface area contributed by atoms with Gasteiger partial charge in [0.1, 0.15) is 0 Å². The van der Waals surface area contributed by atoms with Gasteiger partial charge in [0.05, 0.1) is 30.2 Å². The van der Waals surface area contributed by atoms with Crippen LogP contribution in [0.3, 0.4) is 0 Å². The summed E-state index contributed by atoms with van der Waals surface area (Å²) >= 11 is 0. The maximum atomic E-state index is 6.14. The molecule has 158 valence electrons. The van der Waals surface area contributed by atoms with Crippen molar-refractivity contribution in [2.75, 3.05) is 7.11 Å². The van der Waals surface area contributed by atoms with E-state index in [1.807, 2.05) is 45.9 Å². The molecule has 0 spiro atoms. The summed E-state index contributed by atoms with van der Waals surface area (Å²) < 4.78 is 11.9. The molecular formula is C24H25N5O2. The van der Waals surface area contributed by atoms with Gasteiger partial charge in [-0.15, -0.1) is 10.2 Å². The summed E-state index contributed by atoms with van der Waals surface area (Å²) in [6.07, 6.45) is 0.0211. The second kappa shape index (κ2) is 8.55. The maximum Gasteiger partial charge on any atom is 0.205 e. The molecule has 0 radical (unpaired) electrons. The summed E-state index contributed by atoms with van der Waals surface area (Å²) in [7, 11) is 1.66. The third-order valence-electron chi connectivity index (χ3n) is 5.00. The van der Waals surface area contributed by atoms with Crippen molar-refractivity contribution in [3.05, 3.63) is 59.9 Å². The fraction of sp³-hybridized carbons (Fsp3) is 0.250. The van der Waals surface area contributed by atoms with Gasteiger partial charge in [-0.1, -0.05) is 48.5 Å². The van der Waals surface area contributed by atoms with Crippen LogP contribution in [0.5, 0.6) is 11.5 Å². The third-order valence-corrected chi connectivity index (χ3v) is 5.00. The Kier molecular flexibility index (Phi) is 5.66. The number of aromatic amines is 1. The number of aryl methyl sites for hydroxylation is 2. The Labute approximate surface area is 181 Å². The molecule has 0 saturated heterocycles. The number of nitrogens with one attached hydrogen (secondary N) is 1. The third kappa shape index (κ3) is 3.99. The lowest BCUT2D eigenvalue weighted by atomic mass is 9.95. The fourth-order valence-corrected chi connectivity index (χ4v) is 3.73. The number of pyridine rings is 1. The molecule has 2 aromatic heterocycles.